The van der Waals surface area contributed by atoms with Crippen LogP contribution in [0.2, 0.25) is 10.0 Å². The van der Waals surface area contributed by atoms with Crippen molar-refractivity contribution in [3.05, 3.63) is 46.6 Å². The van der Waals surface area contributed by atoms with Crippen LogP contribution in [0, 0.1) is 5.92 Å². The highest BCUT2D eigenvalue weighted by Crippen LogP contribution is 2.39. The highest BCUT2D eigenvalue weighted by atomic mass is 35.5. The molecule has 2 aliphatic rings. The maximum atomic E-state index is 11.1. The van der Waals surface area contributed by atoms with Crippen molar-refractivity contribution < 1.29 is 10.2 Å². The van der Waals surface area contributed by atoms with E-state index in [4.69, 9.17) is 23.2 Å². The molecule has 0 spiro atoms. The number of aromatic amines is 1. The van der Waals surface area contributed by atoms with E-state index >= 15 is 0 Å². The third-order valence-corrected chi connectivity index (χ3v) is 9.16. The summed E-state index contributed by atoms with van der Waals surface area (Å²) >= 11 is 12.3. The molecule has 0 aliphatic heterocycles. The van der Waals surface area contributed by atoms with E-state index in [-0.39, 0.29) is 12.0 Å². The van der Waals surface area contributed by atoms with Gasteiger partial charge >= 0.3 is 0 Å². The van der Waals surface area contributed by atoms with E-state index < -0.39 is 12.2 Å². The molecule has 2 saturated carbocycles. The van der Waals surface area contributed by atoms with Crippen LogP contribution in [0.15, 0.2) is 30.7 Å². The molecule has 4 aromatic rings. The number of imidazole rings is 1. The number of nitrogens with zero attached hydrogens (tertiary/aromatic N) is 5. The molecular formula is C29H37Cl2N7O2. The number of aliphatic hydroxyl groups is 2. The average Bonchev–Trinajstić information content (AvgIpc) is 3.39. The summed E-state index contributed by atoms with van der Waals surface area (Å²) in [4.78, 5) is 19.4. The topological polar surface area (TPSA) is 115 Å². The fourth-order valence-electron chi connectivity index (χ4n) is 5.98. The number of unbranched alkanes of at least 4 members (excludes halogenated alkanes) is 1. The van der Waals surface area contributed by atoms with Gasteiger partial charge < -0.3 is 30.0 Å². The first kappa shape index (κ1) is 27.7. The second-order valence-electron chi connectivity index (χ2n) is 11.7. The molecule has 0 amide bonds. The van der Waals surface area contributed by atoms with Gasteiger partial charge in [0.25, 0.3) is 0 Å². The van der Waals surface area contributed by atoms with Gasteiger partial charge in [-0.3, -0.25) is 0 Å². The van der Waals surface area contributed by atoms with Crippen LogP contribution < -0.4 is 5.32 Å². The molecule has 11 heteroatoms. The summed E-state index contributed by atoms with van der Waals surface area (Å²) in [6, 6.07) is 6.21. The number of fused-ring (bicyclic) bond motifs is 2. The molecule has 4 atom stereocenters. The second-order valence-corrected chi connectivity index (χ2v) is 12.5. The summed E-state index contributed by atoms with van der Waals surface area (Å²) in [7, 11) is 0. The lowest BCUT2D eigenvalue weighted by atomic mass is 10.0. The number of rotatable bonds is 11. The highest BCUT2D eigenvalue weighted by Gasteiger charge is 2.43. The molecule has 0 radical (unpaired) electrons. The molecule has 2 fully saturated rings. The van der Waals surface area contributed by atoms with Crippen molar-refractivity contribution >= 4 is 51.1 Å². The number of nitrogens with one attached hydrogen (secondary N) is 2. The Kier molecular flexibility index (Phi) is 7.94. The highest BCUT2D eigenvalue weighted by molar-refractivity contribution is 6.42. The number of anilines is 1. The molecule has 40 heavy (non-hydrogen) atoms. The van der Waals surface area contributed by atoms with Gasteiger partial charge in [0, 0.05) is 37.2 Å². The Morgan fingerprint density at radius 1 is 1.12 bits per heavy atom. The maximum Gasteiger partial charge on any atom is 0.145 e. The van der Waals surface area contributed by atoms with E-state index in [1.54, 1.807) is 12.4 Å². The van der Waals surface area contributed by atoms with Gasteiger partial charge in [0.1, 0.15) is 29.7 Å². The molecule has 1 aromatic carbocycles. The monoisotopic (exact) mass is 585 g/mol. The second kappa shape index (κ2) is 11.4. The molecule has 9 nitrogen and oxygen atoms in total. The summed E-state index contributed by atoms with van der Waals surface area (Å²) in [6.07, 6.45) is 7.75. The summed E-state index contributed by atoms with van der Waals surface area (Å²) in [5, 5.41) is 27.6. The van der Waals surface area contributed by atoms with Crippen LogP contribution in [0.25, 0.3) is 22.1 Å². The van der Waals surface area contributed by atoms with Crippen LogP contribution in [-0.4, -0.2) is 77.0 Å². The van der Waals surface area contributed by atoms with Crippen molar-refractivity contribution in [1.82, 2.24) is 29.4 Å². The lowest BCUT2D eigenvalue weighted by molar-refractivity contribution is -0.00171. The molecule has 0 saturated heterocycles. The number of halogens is 2. The molecule has 214 valence electrons. The van der Waals surface area contributed by atoms with Crippen LogP contribution in [0.5, 0.6) is 0 Å². The Bertz CT molecular complexity index is 1450. The standard InChI is InChI=1S/C29H37Cl2N7O2/c1-16(2)37(9-4-3-5-25-35-22-12-20(30)21(31)13-23(22)36-25)14-17-11-24(27(40)26(17)39)38-10-8-19-28(34-18-6-7-18)32-15-33-29(19)38/h8,10,12-13,15-18,24,26-27,39-40H,3-7,9,11,14H2,1-2H3,(H,35,36)(H,32,33,34)/t17-,24-,26-,27-/m1/s1. The van der Waals surface area contributed by atoms with E-state index in [1.165, 1.54) is 0 Å². The Hall–Kier alpha value is -2.43. The number of hydrogen-bond donors (Lipinski definition) is 4. The number of hydrogen-bond acceptors (Lipinski definition) is 7. The molecule has 2 aliphatic carbocycles. The predicted molar refractivity (Wildman–Crippen MR) is 159 cm³/mol. The van der Waals surface area contributed by atoms with Gasteiger partial charge in [-0.15, -0.1) is 0 Å². The van der Waals surface area contributed by atoms with Gasteiger partial charge in [0.05, 0.1) is 38.6 Å². The fourth-order valence-corrected chi connectivity index (χ4v) is 6.30. The fraction of sp³-hybridized carbons (Fsp3) is 0.552. The third-order valence-electron chi connectivity index (χ3n) is 8.44. The molecular weight excluding hydrogens is 549 g/mol. The van der Waals surface area contributed by atoms with E-state index in [9.17, 15) is 10.2 Å². The van der Waals surface area contributed by atoms with Crippen LogP contribution in [0.4, 0.5) is 5.82 Å². The van der Waals surface area contributed by atoms with E-state index in [2.05, 4.69) is 44.0 Å². The number of aromatic nitrogens is 5. The minimum Gasteiger partial charge on any atom is -0.390 e. The number of aryl methyl sites for hydroxylation is 1. The molecule has 3 aromatic heterocycles. The first-order valence-corrected chi connectivity index (χ1v) is 15.1. The van der Waals surface area contributed by atoms with Crippen LogP contribution in [0.3, 0.4) is 0 Å². The summed E-state index contributed by atoms with van der Waals surface area (Å²) < 4.78 is 2.02. The largest absolute Gasteiger partial charge is 0.390 e. The number of aliphatic hydroxyl groups excluding tert-OH is 2. The minimum atomic E-state index is -0.848. The van der Waals surface area contributed by atoms with Crippen LogP contribution in [0.1, 0.15) is 57.8 Å². The zero-order valence-corrected chi connectivity index (χ0v) is 24.4. The zero-order valence-electron chi connectivity index (χ0n) is 22.9. The van der Waals surface area contributed by atoms with Crippen molar-refractivity contribution in [1.29, 1.82) is 0 Å². The van der Waals surface area contributed by atoms with E-state index in [0.29, 0.717) is 28.5 Å². The number of benzene rings is 1. The van der Waals surface area contributed by atoms with Crippen molar-refractivity contribution in [2.45, 2.75) is 82.7 Å². The van der Waals surface area contributed by atoms with E-state index in [0.717, 1.165) is 78.9 Å². The van der Waals surface area contributed by atoms with Gasteiger partial charge in [0.2, 0.25) is 0 Å². The lowest BCUT2D eigenvalue weighted by Gasteiger charge is -2.30. The summed E-state index contributed by atoms with van der Waals surface area (Å²) in [5.41, 5.74) is 2.52. The first-order valence-electron chi connectivity index (χ1n) is 14.3. The van der Waals surface area contributed by atoms with Gasteiger partial charge in [-0.25, -0.2) is 15.0 Å². The van der Waals surface area contributed by atoms with Gasteiger partial charge in [-0.2, -0.15) is 0 Å². The van der Waals surface area contributed by atoms with Crippen LogP contribution >= 0.6 is 23.2 Å². The molecule has 0 unspecified atom stereocenters. The average molecular weight is 587 g/mol. The van der Waals surface area contributed by atoms with Crippen molar-refractivity contribution in [2.75, 3.05) is 18.4 Å². The zero-order chi connectivity index (χ0) is 28.0. The predicted octanol–water partition coefficient (Wildman–Crippen LogP) is 5.20. The third kappa shape index (κ3) is 5.67. The SMILES string of the molecule is CC(C)N(CCCCc1nc2cc(Cl)c(Cl)cc2[nH]1)C[C@H]1C[C@@H](n2ccc3c(NC4CC4)ncnc32)[C@@H](O)[C@@H]1O. The normalized spacial score (nSPS) is 23.3. The van der Waals surface area contributed by atoms with Crippen molar-refractivity contribution in [2.24, 2.45) is 5.92 Å². The first-order chi connectivity index (χ1) is 19.3. The molecule has 6 rings (SSSR count). The maximum absolute atomic E-state index is 11.1. The lowest BCUT2D eigenvalue weighted by Crippen LogP contribution is -2.40. The number of H-pyrrole nitrogens is 1. The molecule has 0 bridgehead atoms. The van der Waals surface area contributed by atoms with Gasteiger partial charge in [0.15, 0.2) is 0 Å². The Balaban J connectivity index is 1.07. The van der Waals surface area contributed by atoms with Crippen molar-refractivity contribution in [3.8, 4) is 0 Å². The Morgan fingerprint density at radius 2 is 1.93 bits per heavy atom. The van der Waals surface area contributed by atoms with Crippen molar-refractivity contribution in [3.63, 3.8) is 0 Å². The molecule has 4 N–H and O–H groups in total. The Morgan fingerprint density at radius 3 is 2.70 bits per heavy atom. The molecule has 3 heterocycles. The van der Waals surface area contributed by atoms with Crippen LogP contribution in [-0.2, 0) is 6.42 Å². The quantitative estimate of drug-likeness (QED) is 0.179. The van der Waals surface area contributed by atoms with E-state index in [1.807, 2.05) is 22.9 Å². The summed E-state index contributed by atoms with van der Waals surface area (Å²) in [5.74, 6) is 1.74. The summed E-state index contributed by atoms with van der Waals surface area (Å²) in [6.45, 7) is 6.02. The smallest absolute Gasteiger partial charge is 0.145 e. The van der Waals surface area contributed by atoms with Gasteiger partial charge in [-0.05, 0) is 70.7 Å². The van der Waals surface area contributed by atoms with Gasteiger partial charge in [-0.1, -0.05) is 23.2 Å². The minimum absolute atomic E-state index is 0.0318. The Labute approximate surface area is 243 Å².